The van der Waals surface area contributed by atoms with Crippen LogP contribution in [0.15, 0.2) is 0 Å². The third-order valence-electron chi connectivity index (χ3n) is 3.20. The highest BCUT2D eigenvalue weighted by molar-refractivity contribution is 4.84. The Balaban J connectivity index is 1.61. The smallest absolute Gasteiger partial charge is 0.147 e. The van der Waals surface area contributed by atoms with Crippen molar-refractivity contribution in [2.75, 3.05) is 19.9 Å². The molecule has 2 rings (SSSR count). The summed E-state index contributed by atoms with van der Waals surface area (Å²) in [4.78, 5) is 0. The van der Waals surface area contributed by atoms with Crippen LogP contribution < -0.4 is 5.32 Å². The van der Waals surface area contributed by atoms with E-state index in [-0.39, 0.29) is 0 Å². The Hall–Kier alpha value is -0.120. The zero-order chi connectivity index (χ0) is 9.10. The first-order valence-corrected chi connectivity index (χ1v) is 5.29. The predicted octanol–water partition coefficient (Wildman–Crippen LogP) is 1.14. The Morgan fingerprint density at radius 2 is 2.23 bits per heavy atom. The molecule has 1 N–H and O–H groups in total. The van der Waals surface area contributed by atoms with Crippen molar-refractivity contribution in [1.29, 1.82) is 0 Å². The van der Waals surface area contributed by atoms with Crippen molar-refractivity contribution in [3.63, 3.8) is 0 Å². The largest absolute Gasteiger partial charge is 0.355 e. The Morgan fingerprint density at radius 1 is 1.31 bits per heavy atom. The van der Waals surface area contributed by atoms with Crippen LogP contribution >= 0.6 is 0 Å². The van der Waals surface area contributed by atoms with Crippen molar-refractivity contribution in [1.82, 2.24) is 5.32 Å². The van der Waals surface area contributed by atoms with Crippen LogP contribution in [0, 0.1) is 5.92 Å². The van der Waals surface area contributed by atoms with E-state index in [1.807, 2.05) is 0 Å². The maximum atomic E-state index is 5.45. The molecule has 0 amide bonds. The zero-order valence-electron chi connectivity index (χ0n) is 8.29. The van der Waals surface area contributed by atoms with Crippen molar-refractivity contribution < 1.29 is 9.47 Å². The number of nitrogens with one attached hydrogen (secondary N) is 1. The molecule has 13 heavy (non-hydrogen) atoms. The molecule has 0 aromatic heterocycles. The Kier molecular flexibility index (Phi) is 3.19. The van der Waals surface area contributed by atoms with Crippen LogP contribution in [0.1, 0.15) is 26.2 Å². The van der Waals surface area contributed by atoms with E-state index in [4.69, 9.17) is 9.47 Å². The Morgan fingerprint density at radius 3 is 2.77 bits per heavy atom. The van der Waals surface area contributed by atoms with Gasteiger partial charge < -0.3 is 14.8 Å². The second-order valence-electron chi connectivity index (χ2n) is 4.17. The molecule has 1 heterocycles. The molecule has 2 fully saturated rings. The highest BCUT2D eigenvalue weighted by Crippen LogP contribution is 2.26. The lowest BCUT2D eigenvalue weighted by atomic mass is 9.81. The summed E-state index contributed by atoms with van der Waals surface area (Å²) in [7, 11) is 0. The van der Waals surface area contributed by atoms with E-state index in [1.165, 1.54) is 12.8 Å². The van der Waals surface area contributed by atoms with Gasteiger partial charge in [-0.05, 0) is 25.2 Å². The summed E-state index contributed by atoms with van der Waals surface area (Å²) in [6, 6.07) is 0.742. The summed E-state index contributed by atoms with van der Waals surface area (Å²) in [6.07, 6.45) is 4.13. The molecular formula is C10H19NO2. The standard InChI is InChI=1S/C10H19NO2/c1-8-2-3-10(8)11-6-9-4-5-12-7-13-9/h8-11H,2-7H2,1H3. The van der Waals surface area contributed by atoms with Crippen LogP contribution in [0.5, 0.6) is 0 Å². The molecule has 1 saturated heterocycles. The minimum Gasteiger partial charge on any atom is -0.355 e. The highest BCUT2D eigenvalue weighted by atomic mass is 16.7. The molecule has 0 bridgehead atoms. The average molecular weight is 185 g/mol. The Bertz CT molecular complexity index is 157. The van der Waals surface area contributed by atoms with Gasteiger partial charge in [0.25, 0.3) is 0 Å². The third-order valence-corrected chi connectivity index (χ3v) is 3.20. The SMILES string of the molecule is CC1CCC1NCC1CCOCO1. The monoisotopic (exact) mass is 185 g/mol. The molecule has 1 aliphatic carbocycles. The van der Waals surface area contributed by atoms with Gasteiger partial charge in [0.2, 0.25) is 0 Å². The molecular weight excluding hydrogens is 166 g/mol. The summed E-state index contributed by atoms with van der Waals surface area (Å²) in [5.41, 5.74) is 0. The molecule has 3 nitrogen and oxygen atoms in total. The fourth-order valence-corrected chi connectivity index (χ4v) is 1.92. The van der Waals surface area contributed by atoms with E-state index in [2.05, 4.69) is 12.2 Å². The molecule has 1 saturated carbocycles. The number of hydrogen-bond donors (Lipinski definition) is 1. The van der Waals surface area contributed by atoms with Crippen molar-refractivity contribution in [3.8, 4) is 0 Å². The molecule has 3 atom stereocenters. The van der Waals surface area contributed by atoms with Gasteiger partial charge in [-0.25, -0.2) is 0 Å². The summed E-state index contributed by atoms with van der Waals surface area (Å²) in [5.74, 6) is 0.861. The van der Waals surface area contributed by atoms with E-state index >= 15 is 0 Å². The van der Waals surface area contributed by atoms with Crippen LogP contribution in [0.2, 0.25) is 0 Å². The number of rotatable bonds is 3. The van der Waals surface area contributed by atoms with Gasteiger partial charge in [0, 0.05) is 12.6 Å². The van der Waals surface area contributed by atoms with Crippen molar-refractivity contribution in [3.05, 3.63) is 0 Å². The van der Waals surface area contributed by atoms with Gasteiger partial charge in [-0.3, -0.25) is 0 Å². The summed E-state index contributed by atoms with van der Waals surface area (Å²) in [6.45, 7) is 4.64. The van der Waals surface area contributed by atoms with Gasteiger partial charge in [-0.15, -0.1) is 0 Å². The van der Waals surface area contributed by atoms with Gasteiger partial charge >= 0.3 is 0 Å². The van der Waals surface area contributed by atoms with Crippen LogP contribution in [-0.4, -0.2) is 32.1 Å². The molecule has 0 aromatic rings. The second-order valence-corrected chi connectivity index (χ2v) is 4.17. The van der Waals surface area contributed by atoms with Crippen LogP contribution in [0.25, 0.3) is 0 Å². The Labute approximate surface area is 79.8 Å². The first-order chi connectivity index (χ1) is 6.36. The normalized spacial score (nSPS) is 39.9. The summed E-state index contributed by atoms with van der Waals surface area (Å²) < 4.78 is 10.6. The summed E-state index contributed by atoms with van der Waals surface area (Å²) in [5, 5.41) is 3.56. The van der Waals surface area contributed by atoms with E-state index in [0.717, 1.165) is 31.5 Å². The predicted molar refractivity (Wildman–Crippen MR) is 50.5 cm³/mol. The molecule has 0 spiro atoms. The van der Waals surface area contributed by atoms with Gasteiger partial charge in [0.05, 0.1) is 12.7 Å². The third kappa shape index (κ3) is 2.42. The fourth-order valence-electron chi connectivity index (χ4n) is 1.92. The quantitative estimate of drug-likeness (QED) is 0.715. The first-order valence-electron chi connectivity index (χ1n) is 5.29. The van der Waals surface area contributed by atoms with Crippen LogP contribution in [0.3, 0.4) is 0 Å². The first kappa shape index (κ1) is 9.44. The molecule has 1 aliphatic heterocycles. The minimum atomic E-state index is 0.376. The van der Waals surface area contributed by atoms with E-state index in [1.54, 1.807) is 0 Å². The number of ether oxygens (including phenoxy) is 2. The molecule has 3 unspecified atom stereocenters. The van der Waals surface area contributed by atoms with Crippen LogP contribution in [-0.2, 0) is 9.47 Å². The van der Waals surface area contributed by atoms with E-state index in [9.17, 15) is 0 Å². The van der Waals surface area contributed by atoms with Gasteiger partial charge in [0.15, 0.2) is 0 Å². The maximum Gasteiger partial charge on any atom is 0.147 e. The average Bonchev–Trinajstić information content (AvgIpc) is 2.17. The van der Waals surface area contributed by atoms with Crippen molar-refractivity contribution in [2.24, 2.45) is 5.92 Å². The van der Waals surface area contributed by atoms with Gasteiger partial charge in [-0.2, -0.15) is 0 Å². The lowest BCUT2D eigenvalue weighted by Gasteiger charge is -2.36. The second kappa shape index (κ2) is 4.40. The number of hydrogen-bond acceptors (Lipinski definition) is 3. The molecule has 0 aromatic carbocycles. The topological polar surface area (TPSA) is 30.5 Å². The van der Waals surface area contributed by atoms with Crippen molar-refractivity contribution in [2.45, 2.75) is 38.3 Å². The minimum absolute atomic E-state index is 0.376. The van der Waals surface area contributed by atoms with E-state index in [0.29, 0.717) is 12.9 Å². The maximum absolute atomic E-state index is 5.45. The summed E-state index contributed by atoms with van der Waals surface area (Å²) >= 11 is 0. The molecule has 76 valence electrons. The van der Waals surface area contributed by atoms with Gasteiger partial charge in [0.1, 0.15) is 6.79 Å². The highest BCUT2D eigenvalue weighted by Gasteiger charge is 2.27. The molecule has 0 radical (unpaired) electrons. The van der Waals surface area contributed by atoms with Gasteiger partial charge in [-0.1, -0.05) is 6.92 Å². The lowest BCUT2D eigenvalue weighted by molar-refractivity contribution is -0.138. The zero-order valence-corrected chi connectivity index (χ0v) is 8.29. The van der Waals surface area contributed by atoms with E-state index < -0.39 is 0 Å². The van der Waals surface area contributed by atoms with Crippen LogP contribution in [0.4, 0.5) is 0 Å². The van der Waals surface area contributed by atoms with Crippen molar-refractivity contribution >= 4 is 0 Å². The lowest BCUT2D eigenvalue weighted by Crippen LogP contribution is -2.46. The molecule has 3 heteroatoms. The molecule has 2 aliphatic rings. The fraction of sp³-hybridized carbons (Fsp3) is 1.00.